The summed E-state index contributed by atoms with van der Waals surface area (Å²) in [5.74, 6) is -0.662. The van der Waals surface area contributed by atoms with E-state index in [1.807, 2.05) is 38.1 Å². The predicted octanol–water partition coefficient (Wildman–Crippen LogP) is 1.97. The lowest BCUT2D eigenvalue weighted by atomic mass is 10.2. The van der Waals surface area contributed by atoms with Crippen molar-refractivity contribution in [1.29, 1.82) is 0 Å². The van der Waals surface area contributed by atoms with Gasteiger partial charge >= 0.3 is 5.97 Å². The first-order chi connectivity index (χ1) is 13.4. The minimum absolute atomic E-state index is 0.0188. The SMILES string of the molecule is CCOC(=O)c1c(S(=O)(=O)N2CCN(c3ccc(C)cc3)CC2)n[nH]c1CC. The highest BCUT2D eigenvalue weighted by atomic mass is 32.2. The molecule has 0 radical (unpaired) electrons. The van der Waals surface area contributed by atoms with Crippen LogP contribution in [0.4, 0.5) is 5.69 Å². The number of ether oxygens (including phenoxy) is 1. The average Bonchev–Trinajstić information content (AvgIpc) is 3.14. The van der Waals surface area contributed by atoms with Crippen molar-refractivity contribution in [2.24, 2.45) is 0 Å². The Kier molecular flexibility index (Phi) is 6.04. The second-order valence-corrected chi connectivity index (χ2v) is 8.54. The lowest BCUT2D eigenvalue weighted by Crippen LogP contribution is -2.49. The van der Waals surface area contributed by atoms with Crippen LogP contribution in [0.3, 0.4) is 0 Å². The molecule has 3 rings (SSSR count). The number of H-pyrrole nitrogens is 1. The van der Waals surface area contributed by atoms with Crippen LogP contribution in [0, 0.1) is 6.92 Å². The molecule has 1 aromatic carbocycles. The number of rotatable bonds is 6. The fourth-order valence-electron chi connectivity index (χ4n) is 3.28. The maximum atomic E-state index is 13.2. The zero-order valence-electron chi connectivity index (χ0n) is 16.4. The van der Waals surface area contributed by atoms with Crippen LogP contribution in [0.25, 0.3) is 0 Å². The van der Waals surface area contributed by atoms with Crippen molar-refractivity contribution in [1.82, 2.24) is 14.5 Å². The molecule has 0 unspecified atom stereocenters. The molecule has 0 amide bonds. The Labute approximate surface area is 165 Å². The van der Waals surface area contributed by atoms with Crippen LogP contribution in [0.5, 0.6) is 0 Å². The highest BCUT2D eigenvalue weighted by Crippen LogP contribution is 2.25. The molecule has 28 heavy (non-hydrogen) atoms. The first-order valence-electron chi connectivity index (χ1n) is 9.44. The molecule has 152 valence electrons. The number of aromatic amines is 1. The first kappa shape index (κ1) is 20.3. The van der Waals surface area contributed by atoms with Crippen molar-refractivity contribution in [3.8, 4) is 0 Å². The van der Waals surface area contributed by atoms with E-state index in [9.17, 15) is 13.2 Å². The van der Waals surface area contributed by atoms with E-state index in [1.54, 1.807) is 6.92 Å². The van der Waals surface area contributed by atoms with Crippen molar-refractivity contribution >= 4 is 21.7 Å². The highest BCUT2D eigenvalue weighted by Gasteiger charge is 2.36. The summed E-state index contributed by atoms with van der Waals surface area (Å²) < 4.78 is 32.7. The zero-order chi connectivity index (χ0) is 20.3. The molecular formula is C19H26N4O4S. The van der Waals surface area contributed by atoms with Crippen LogP contribution in [0.1, 0.15) is 35.5 Å². The summed E-state index contributed by atoms with van der Waals surface area (Å²) in [6.07, 6.45) is 0.456. The summed E-state index contributed by atoms with van der Waals surface area (Å²) >= 11 is 0. The van der Waals surface area contributed by atoms with Crippen LogP contribution in [-0.4, -0.2) is 61.7 Å². The smallest absolute Gasteiger partial charge is 0.343 e. The number of aryl methyl sites for hydroxylation is 2. The number of hydrogen-bond donors (Lipinski definition) is 1. The largest absolute Gasteiger partial charge is 0.462 e. The summed E-state index contributed by atoms with van der Waals surface area (Å²) in [5, 5.41) is 6.39. The standard InChI is InChI=1S/C19H26N4O4S/c1-4-16-17(19(24)27-5-2)18(21-20-16)28(25,26)23-12-10-22(11-13-23)15-8-6-14(3)7-9-15/h6-9H,4-5,10-13H2,1-3H3,(H,20,21). The van der Waals surface area contributed by atoms with Gasteiger partial charge in [-0.15, -0.1) is 0 Å². The van der Waals surface area contributed by atoms with Gasteiger partial charge < -0.3 is 9.64 Å². The van der Waals surface area contributed by atoms with E-state index in [0.717, 1.165) is 5.69 Å². The number of sulfonamides is 1. The fraction of sp³-hybridized carbons (Fsp3) is 0.474. The van der Waals surface area contributed by atoms with E-state index in [2.05, 4.69) is 15.1 Å². The minimum atomic E-state index is -3.89. The lowest BCUT2D eigenvalue weighted by molar-refractivity contribution is 0.0520. The van der Waals surface area contributed by atoms with Crippen LogP contribution < -0.4 is 4.90 Å². The van der Waals surface area contributed by atoms with Gasteiger partial charge in [0.25, 0.3) is 10.0 Å². The molecule has 9 heteroatoms. The molecule has 1 aromatic heterocycles. The van der Waals surface area contributed by atoms with Crippen LogP contribution in [0.15, 0.2) is 29.3 Å². The highest BCUT2D eigenvalue weighted by molar-refractivity contribution is 7.89. The number of hydrogen-bond acceptors (Lipinski definition) is 6. The molecule has 0 spiro atoms. The molecular weight excluding hydrogens is 380 g/mol. The molecule has 0 atom stereocenters. The Balaban J connectivity index is 1.80. The van der Waals surface area contributed by atoms with E-state index < -0.39 is 16.0 Å². The number of carbonyl (C=O) groups is 1. The van der Waals surface area contributed by atoms with Crippen LogP contribution in [0.2, 0.25) is 0 Å². The van der Waals surface area contributed by atoms with Gasteiger partial charge in [-0.1, -0.05) is 24.6 Å². The quantitative estimate of drug-likeness (QED) is 0.737. The van der Waals surface area contributed by atoms with Gasteiger partial charge in [0.1, 0.15) is 5.56 Å². The fourth-order valence-corrected chi connectivity index (χ4v) is 4.79. The predicted molar refractivity (Wildman–Crippen MR) is 106 cm³/mol. The number of piperazine rings is 1. The van der Waals surface area contributed by atoms with Gasteiger partial charge in [-0.2, -0.15) is 9.40 Å². The molecule has 2 aromatic rings. The van der Waals surface area contributed by atoms with Gasteiger partial charge in [-0.3, -0.25) is 5.10 Å². The third-order valence-electron chi connectivity index (χ3n) is 4.86. The van der Waals surface area contributed by atoms with Gasteiger partial charge in [0.05, 0.1) is 12.3 Å². The summed E-state index contributed by atoms with van der Waals surface area (Å²) in [5.41, 5.74) is 2.74. The summed E-state index contributed by atoms with van der Waals surface area (Å²) in [7, 11) is -3.89. The molecule has 0 saturated carbocycles. The first-order valence-corrected chi connectivity index (χ1v) is 10.9. The van der Waals surface area contributed by atoms with Gasteiger partial charge in [-0.25, -0.2) is 13.2 Å². The van der Waals surface area contributed by atoms with Crippen LogP contribution >= 0.6 is 0 Å². The monoisotopic (exact) mass is 406 g/mol. The number of carbonyl (C=O) groups excluding carboxylic acids is 1. The van der Waals surface area contributed by atoms with E-state index >= 15 is 0 Å². The number of aromatic nitrogens is 2. The maximum absolute atomic E-state index is 13.2. The Hall–Kier alpha value is -2.39. The molecule has 1 N–H and O–H groups in total. The summed E-state index contributed by atoms with van der Waals surface area (Å²) in [6.45, 7) is 7.50. The normalized spacial score (nSPS) is 15.6. The summed E-state index contributed by atoms with van der Waals surface area (Å²) in [6, 6.07) is 8.17. The molecule has 1 saturated heterocycles. The van der Waals surface area contributed by atoms with Crippen molar-refractivity contribution < 1.29 is 17.9 Å². The third kappa shape index (κ3) is 3.90. The second kappa shape index (κ2) is 8.32. The van der Waals surface area contributed by atoms with Crippen molar-refractivity contribution in [3.05, 3.63) is 41.1 Å². The Morgan fingerprint density at radius 2 is 1.79 bits per heavy atom. The van der Waals surface area contributed by atoms with E-state index in [-0.39, 0.29) is 17.2 Å². The van der Waals surface area contributed by atoms with E-state index in [1.165, 1.54) is 9.87 Å². The molecule has 0 bridgehead atoms. The number of esters is 1. The molecule has 1 aliphatic heterocycles. The second-order valence-electron chi connectivity index (χ2n) is 6.68. The van der Waals surface area contributed by atoms with Gasteiger partial charge in [-0.05, 0) is 32.4 Å². The number of nitrogens with zero attached hydrogens (tertiary/aromatic N) is 3. The average molecular weight is 407 g/mol. The molecule has 2 heterocycles. The molecule has 8 nitrogen and oxygen atoms in total. The Morgan fingerprint density at radius 1 is 1.14 bits per heavy atom. The van der Waals surface area contributed by atoms with Gasteiger partial charge in [0, 0.05) is 31.9 Å². The number of anilines is 1. The Bertz CT molecular complexity index is 929. The number of benzene rings is 1. The van der Waals surface area contributed by atoms with E-state index in [4.69, 9.17) is 4.74 Å². The molecule has 1 fully saturated rings. The van der Waals surface area contributed by atoms with E-state index in [0.29, 0.717) is 38.3 Å². The molecule has 0 aliphatic carbocycles. The third-order valence-corrected chi connectivity index (χ3v) is 6.69. The van der Waals surface area contributed by atoms with Gasteiger partial charge in [0.15, 0.2) is 0 Å². The minimum Gasteiger partial charge on any atom is -0.462 e. The van der Waals surface area contributed by atoms with Crippen molar-refractivity contribution in [2.75, 3.05) is 37.7 Å². The topological polar surface area (TPSA) is 95.6 Å². The lowest BCUT2D eigenvalue weighted by Gasteiger charge is -2.35. The maximum Gasteiger partial charge on any atom is 0.343 e. The van der Waals surface area contributed by atoms with Gasteiger partial charge in [0.2, 0.25) is 5.03 Å². The van der Waals surface area contributed by atoms with Crippen LogP contribution in [-0.2, 0) is 21.2 Å². The van der Waals surface area contributed by atoms with Crippen molar-refractivity contribution in [3.63, 3.8) is 0 Å². The van der Waals surface area contributed by atoms with Crippen molar-refractivity contribution in [2.45, 2.75) is 32.2 Å². The Morgan fingerprint density at radius 3 is 2.36 bits per heavy atom. The zero-order valence-corrected chi connectivity index (χ0v) is 17.3. The number of nitrogens with one attached hydrogen (secondary N) is 1. The summed E-state index contributed by atoms with van der Waals surface area (Å²) in [4.78, 5) is 14.5. The molecule has 1 aliphatic rings.